The standard InChI is InChI=1S/C23H24O2S/c1-21-14-22(2,23(26,15-21)20(24)25-3)19(17-12-8-5-9-13-17)18(21)16-10-6-4-7-11-16/h4-13,26H,14-15H2,1-3H3/t21?,22?,23-/m1/s1. The number of allylic oxidation sites excluding steroid dienone is 2. The topological polar surface area (TPSA) is 26.3 Å². The lowest BCUT2D eigenvalue weighted by atomic mass is 9.67. The van der Waals surface area contributed by atoms with E-state index in [0.717, 1.165) is 6.42 Å². The zero-order valence-electron chi connectivity index (χ0n) is 15.5. The van der Waals surface area contributed by atoms with Gasteiger partial charge < -0.3 is 4.74 Å². The number of methoxy groups -OCH3 is 1. The monoisotopic (exact) mass is 364 g/mol. The molecule has 0 amide bonds. The zero-order chi connectivity index (χ0) is 18.6. The summed E-state index contributed by atoms with van der Waals surface area (Å²) in [7, 11) is 1.46. The molecular weight excluding hydrogens is 340 g/mol. The van der Waals surface area contributed by atoms with Gasteiger partial charge in [0.25, 0.3) is 0 Å². The summed E-state index contributed by atoms with van der Waals surface area (Å²) in [5.41, 5.74) is 4.48. The third kappa shape index (κ3) is 2.16. The molecule has 2 bridgehead atoms. The maximum atomic E-state index is 12.8. The molecule has 4 rings (SSSR count). The Bertz CT molecular complexity index is 889. The van der Waals surface area contributed by atoms with Gasteiger partial charge in [0, 0.05) is 5.41 Å². The number of rotatable bonds is 3. The third-order valence-corrected chi connectivity index (χ3v) is 7.19. The second-order valence-corrected chi connectivity index (χ2v) is 8.84. The summed E-state index contributed by atoms with van der Waals surface area (Å²) in [6, 6.07) is 21.0. The minimum atomic E-state index is -0.819. The van der Waals surface area contributed by atoms with Crippen LogP contribution < -0.4 is 0 Å². The van der Waals surface area contributed by atoms with E-state index in [1.807, 2.05) is 12.1 Å². The molecule has 3 heteroatoms. The molecule has 1 fully saturated rings. The van der Waals surface area contributed by atoms with Crippen LogP contribution in [0.3, 0.4) is 0 Å². The highest BCUT2D eigenvalue weighted by Crippen LogP contribution is 2.74. The summed E-state index contributed by atoms with van der Waals surface area (Å²) in [6.07, 6.45) is 1.58. The number of hydrogen-bond acceptors (Lipinski definition) is 3. The Morgan fingerprint density at radius 1 is 0.885 bits per heavy atom. The highest BCUT2D eigenvalue weighted by atomic mass is 32.1. The van der Waals surface area contributed by atoms with Crippen LogP contribution in [0, 0.1) is 10.8 Å². The van der Waals surface area contributed by atoms with Gasteiger partial charge in [-0.2, -0.15) is 12.6 Å². The molecule has 2 aromatic rings. The quantitative estimate of drug-likeness (QED) is 0.594. The van der Waals surface area contributed by atoms with E-state index in [-0.39, 0.29) is 16.8 Å². The lowest BCUT2D eigenvalue weighted by Gasteiger charge is -2.43. The van der Waals surface area contributed by atoms with Gasteiger partial charge in [-0.3, -0.25) is 4.79 Å². The van der Waals surface area contributed by atoms with Crippen LogP contribution in [-0.2, 0) is 9.53 Å². The van der Waals surface area contributed by atoms with Crippen LogP contribution in [0.1, 0.15) is 37.8 Å². The van der Waals surface area contributed by atoms with Crippen molar-refractivity contribution in [3.8, 4) is 0 Å². The molecular formula is C23H24O2S. The van der Waals surface area contributed by atoms with Crippen molar-refractivity contribution in [1.82, 2.24) is 0 Å². The molecule has 2 aromatic carbocycles. The molecule has 0 saturated heterocycles. The molecule has 0 N–H and O–H groups in total. The molecule has 2 aliphatic carbocycles. The number of ether oxygens (including phenoxy) is 1. The van der Waals surface area contributed by atoms with E-state index in [4.69, 9.17) is 17.4 Å². The van der Waals surface area contributed by atoms with Crippen LogP contribution in [0.25, 0.3) is 11.1 Å². The van der Waals surface area contributed by atoms with Crippen LogP contribution in [-0.4, -0.2) is 17.8 Å². The van der Waals surface area contributed by atoms with Crippen LogP contribution in [0.5, 0.6) is 0 Å². The fourth-order valence-electron chi connectivity index (χ4n) is 5.43. The fourth-order valence-corrected chi connectivity index (χ4v) is 6.06. The second kappa shape index (κ2) is 5.75. The van der Waals surface area contributed by atoms with Gasteiger partial charge in [-0.1, -0.05) is 74.5 Å². The first kappa shape index (κ1) is 17.4. The number of hydrogen-bond donors (Lipinski definition) is 1. The van der Waals surface area contributed by atoms with Crippen LogP contribution in [0.15, 0.2) is 60.7 Å². The van der Waals surface area contributed by atoms with Crippen molar-refractivity contribution in [3.05, 3.63) is 71.8 Å². The summed E-state index contributed by atoms with van der Waals surface area (Å²) in [4.78, 5) is 12.8. The average Bonchev–Trinajstić information content (AvgIpc) is 3.02. The van der Waals surface area contributed by atoms with E-state index < -0.39 is 4.75 Å². The molecule has 134 valence electrons. The van der Waals surface area contributed by atoms with Gasteiger partial charge in [-0.15, -0.1) is 0 Å². The van der Waals surface area contributed by atoms with Gasteiger partial charge in [-0.05, 0) is 40.5 Å². The molecule has 3 atom stereocenters. The summed E-state index contributed by atoms with van der Waals surface area (Å²) in [6.45, 7) is 4.45. The molecule has 0 spiro atoms. The highest BCUT2D eigenvalue weighted by Gasteiger charge is 2.69. The van der Waals surface area contributed by atoms with E-state index in [1.165, 1.54) is 29.4 Å². The summed E-state index contributed by atoms with van der Waals surface area (Å²) < 4.78 is 4.37. The van der Waals surface area contributed by atoms with Crippen molar-refractivity contribution in [1.29, 1.82) is 0 Å². The number of benzene rings is 2. The molecule has 0 aliphatic heterocycles. The van der Waals surface area contributed by atoms with Crippen molar-refractivity contribution in [3.63, 3.8) is 0 Å². The predicted octanol–water partition coefficient (Wildman–Crippen LogP) is 5.26. The van der Waals surface area contributed by atoms with Gasteiger partial charge in [-0.25, -0.2) is 0 Å². The third-order valence-electron chi connectivity index (χ3n) is 6.36. The SMILES string of the molecule is COC(=O)[C@]1(S)CC2(C)CC1(C)C(c1ccccc1)=C2c1ccccc1. The normalized spacial score (nSPS) is 32.8. The Balaban J connectivity index is 2.03. The molecule has 0 aromatic heterocycles. The first-order chi connectivity index (χ1) is 12.4. The lowest BCUT2D eigenvalue weighted by molar-refractivity contribution is -0.145. The number of fused-ring (bicyclic) bond motifs is 2. The van der Waals surface area contributed by atoms with E-state index in [1.54, 1.807) is 0 Å². The van der Waals surface area contributed by atoms with Crippen LogP contribution >= 0.6 is 12.6 Å². The van der Waals surface area contributed by atoms with Gasteiger partial charge in [0.05, 0.1) is 7.11 Å². The number of thiol groups is 1. The molecule has 0 radical (unpaired) electrons. The largest absolute Gasteiger partial charge is 0.468 e. The average molecular weight is 365 g/mol. The predicted molar refractivity (Wildman–Crippen MR) is 109 cm³/mol. The van der Waals surface area contributed by atoms with E-state index >= 15 is 0 Å². The summed E-state index contributed by atoms with van der Waals surface area (Å²) >= 11 is 4.96. The van der Waals surface area contributed by atoms with Crippen LogP contribution in [0.4, 0.5) is 0 Å². The fraction of sp³-hybridized carbons (Fsp3) is 0.348. The summed E-state index contributed by atoms with van der Waals surface area (Å²) in [5.74, 6) is -0.229. The molecule has 26 heavy (non-hydrogen) atoms. The first-order valence-electron chi connectivity index (χ1n) is 9.03. The Kier molecular flexibility index (Phi) is 3.85. The second-order valence-electron chi connectivity index (χ2n) is 8.08. The van der Waals surface area contributed by atoms with Crippen molar-refractivity contribution < 1.29 is 9.53 Å². The highest BCUT2D eigenvalue weighted by molar-refractivity contribution is 7.82. The molecule has 0 heterocycles. The Labute approximate surface area is 160 Å². The minimum absolute atomic E-state index is 0.114. The van der Waals surface area contributed by atoms with Gasteiger partial charge in [0.2, 0.25) is 0 Å². The van der Waals surface area contributed by atoms with Crippen molar-refractivity contribution >= 4 is 29.7 Å². The van der Waals surface area contributed by atoms with E-state index in [2.05, 4.69) is 62.4 Å². The Morgan fingerprint density at radius 3 is 1.88 bits per heavy atom. The zero-order valence-corrected chi connectivity index (χ0v) is 16.3. The smallest absolute Gasteiger partial charge is 0.322 e. The number of carbonyl (C=O) groups is 1. The van der Waals surface area contributed by atoms with Gasteiger partial charge in [0.1, 0.15) is 4.75 Å². The van der Waals surface area contributed by atoms with Crippen LogP contribution in [0.2, 0.25) is 0 Å². The van der Waals surface area contributed by atoms with E-state index in [0.29, 0.717) is 6.42 Å². The Morgan fingerprint density at radius 2 is 1.38 bits per heavy atom. The van der Waals surface area contributed by atoms with Gasteiger partial charge >= 0.3 is 5.97 Å². The van der Waals surface area contributed by atoms with Crippen molar-refractivity contribution in [2.45, 2.75) is 31.4 Å². The number of carbonyl (C=O) groups excluding carboxylic acids is 1. The maximum Gasteiger partial charge on any atom is 0.322 e. The molecule has 2 aliphatic rings. The van der Waals surface area contributed by atoms with E-state index in [9.17, 15) is 4.79 Å². The summed E-state index contributed by atoms with van der Waals surface area (Å²) in [5, 5.41) is 0. The van der Waals surface area contributed by atoms with Crippen molar-refractivity contribution in [2.75, 3.05) is 7.11 Å². The minimum Gasteiger partial charge on any atom is -0.468 e. The molecule has 2 nitrogen and oxygen atoms in total. The van der Waals surface area contributed by atoms with Gasteiger partial charge in [0.15, 0.2) is 0 Å². The Hall–Kier alpha value is -2.00. The molecule has 1 saturated carbocycles. The molecule has 2 unspecified atom stereocenters. The van der Waals surface area contributed by atoms with Crippen molar-refractivity contribution in [2.24, 2.45) is 10.8 Å². The lowest BCUT2D eigenvalue weighted by Crippen LogP contribution is -2.47. The number of esters is 1. The maximum absolute atomic E-state index is 12.8. The first-order valence-corrected chi connectivity index (χ1v) is 9.47.